The molecule has 1 N–H and O–H groups in total. The van der Waals surface area contributed by atoms with Crippen molar-refractivity contribution < 1.29 is 4.79 Å². The third-order valence-corrected chi connectivity index (χ3v) is 4.71. The zero-order valence-electron chi connectivity index (χ0n) is 16.5. The summed E-state index contributed by atoms with van der Waals surface area (Å²) in [7, 11) is 1.79. The topological polar surface area (TPSA) is 71.0 Å². The number of amides is 1. The molecule has 0 saturated heterocycles. The Hall–Kier alpha value is -3.28. The van der Waals surface area contributed by atoms with Gasteiger partial charge in [-0.1, -0.05) is 25.1 Å². The first-order valence-corrected chi connectivity index (χ1v) is 9.40. The van der Waals surface area contributed by atoms with Crippen molar-refractivity contribution in [2.75, 3.05) is 18.9 Å². The average Bonchev–Trinajstić information content (AvgIpc) is 2.74. The van der Waals surface area contributed by atoms with Gasteiger partial charge in [-0.2, -0.15) is 0 Å². The van der Waals surface area contributed by atoms with Crippen molar-refractivity contribution in [2.45, 2.75) is 26.7 Å². The third-order valence-electron chi connectivity index (χ3n) is 4.71. The number of carbonyl (C=O) groups is 1. The zero-order valence-corrected chi connectivity index (χ0v) is 16.5. The van der Waals surface area contributed by atoms with Crippen molar-refractivity contribution in [3.8, 4) is 0 Å². The summed E-state index contributed by atoms with van der Waals surface area (Å²) in [5, 5.41) is 3.28. The normalized spacial score (nSPS) is 10.5. The number of benzene rings is 1. The highest BCUT2D eigenvalue weighted by Gasteiger charge is 2.13. The molecule has 0 aliphatic heterocycles. The highest BCUT2D eigenvalue weighted by Crippen LogP contribution is 2.23. The number of para-hydroxylation sites is 1. The van der Waals surface area contributed by atoms with Gasteiger partial charge in [0.05, 0.1) is 5.56 Å². The number of aryl methyl sites for hydroxylation is 2. The number of likely N-dealkylation sites (N-methyl/N-ethyl adjacent to an activating group) is 1. The lowest BCUT2D eigenvalue weighted by molar-refractivity contribution is 0.0796. The van der Waals surface area contributed by atoms with Gasteiger partial charge < -0.3 is 10.2 Å². The van der Waals surface area contributed by atoms with E-state index >= 15 is 0 Å². The molecule has 28 heavy (non-hydrogen) atoms. The summed E-state index contributed by atoms with van der Waals surface area (Å²) < 4.78 is 0. The first kappa shape index (κ1) is 19.5. The molecule has 0 unspecified atom stereocenters. The van der Waals surface area contributed by atoms with Gasteiger partial charge in [0.2, 0.25) is 5.95 Å². The lowest BCUT2D eigenvalue weighted by Gasteiger charge is -2.17. The number of rotatable bonds is 7. The molecule has 0 spiro atoms. The van der Waals surface area contributed by atoms with E-state index in [0.717, 1.165) is 29.7 Å². The second kappa shape index (κ2) is 9.08. The number of pyridine rings is 1. The Balaban J connectivity index is 1.64. The summed E-state index contributed by atoms with van der Waals surface area (Å²) in [6.45, 7) is 4.79. The van der Waals surface area contributed by atoms with Crippen LogP contribution in [0.2, 0.25) is 0 Å². The molecular weight excluding hydrogens is 350 g/mol. The van der Waals surface area contributed by atoms with Crippen LogP contribution in [0.15, 0.2) is 55.1 Å². The van der Waals surface area contributed by atoms with E-state index in [4.69, 9.17) is 0 Å². The fraction of sp³-hybridized carbons (Fsp3) is 0.273. The van der Waals surface area contributed by atoms with Gasteiger partial charge in [-0.3, -0.25) is 9.78 Å². The minimum absolute atomic E-state index is 0.0919. The molecule has 0 atom stereocenters. The highest BCUT2D eigenvalue weighted by atomic mass is 16.2. The van der Waals surface area contributed by atoms with E-state index in [2.05, 4.69) is 46.2 Å². The summed E-state index contributed by atoms with van der Waals surface area (Å²) in [5.74, 6) is 0.394. The van der Waals surface area contributed by atoms with Gasteiger partial charge in [0, 0.05) is 44.1 Å². The van der Waals surface area contributed by atoms with Crippen LogP contribution in [0.25, 0.3) is 0 Å². The Morgan fingerprint density at radius 1 is 1.11 bits per heavy atom. The van der Waals surface area contributed by atoms with Crippen LogP contribution in [-0.4, -0.2) is 39.4 Å². The molecular formula is C22H25N5O. The van der Waals surface area contributed by atoms with Crippen LogP contribution in [0.3, 0.4) is 0 Å². The average molecular weight is 375 g/mol. The zero-order chi connectivity index (χ0) is 19.9. The van der Waals surface area contributed by atoms with Crippen LogP contribution >= 0.6 is 0 Å². The van der Waals surface area contributed by atoms with Crippen LogP contribution in [0.1, 0.15) is 34.0 Å². The van der Waals surface area contributed by atoms with E-state index in [1.54, 1.807) is 36.7 Å². The minimum atomic E-state index is -0.0919. The van der Waals surface area contributed by atoms with Gasteiger partial charge in [0.15, 0.2) is 0 Å². The summed E-state index contributed by atoms with van der Waals surface area (Å²) in [6.07, 6.45) is 8.36. The molecule has 0 radical (unpaired) electrons. The fourth-order valence-corrected chi connectivity index (χ4v) is 2.99. The van der Waals surface area contributed by atoms with Crippen LogP contribution in [0.5, 0.6) is 0 Å². The lowest BCUT2D eigenvalue weighted by Crippen LogP contribution is -2.29. The Morgan fingerprint density at radius 2 is 1.82 bits per heavy atom. The molecule has 0 bridgehead atoms. The van der Waals surface area contributed by atoms with Gasteiger partial charge in [0.1, 0.15) is 0 Å². The molecule has 0 saturated carbocycles. The van der Waals surface area contributed by atoms with Crippen LogP contribution < -0.4 is 5.32 Å². The predicted molar refractivity (Wildman–Crippen MR) is 111 cm³/mol. The number of nitrogens with one attached hydrogen (secondary N) is 1. The van der Waals surface area contributed by atoms with Crippen molar-refractivity contribution in [3.05, 3.63) is 77.4 Å². The number of hydrogen-bond donors (Lipinski definition) is 1. The van der Waals surface area contributed by atoms with Gasteiger partial charge in [-0.25, -0.2) is 9.97 Å². The summed E-state index contributed by atoms with van der Waals surface area (Å²) >= 11 is 0. The first-order chi connectivity index (χ1) is 13.6. The third kappa shape index (κ3) is 4.71. The van der Waals surface area contributed by atoms with Gasteiger partial charge in [-0.15, -0.1) is 0 Å². The maximum absolute atomic E-state index is 12.6. The second-order valence-corrected chi connectivity index (χ2v) is 6.72. The molecule has 1 aromatic carbocycles. The molecule has 1 amide bonds. The smallest absolute Gasteiger partial charge is 0.256 e. The Kier molecular flexibility index (Phi) is 6.32. The van der Waals surface area contributed by atoms with E-state index < -0.39 is 0 Å². The lowest BCUT2D eigenvalue weighted by atomic mass is 10.1. The number of hydrogen-bond acceptors (Lipinski definition) is 5. The molecule has 2 heterocycles. The number of anilines is 2. The van der Waals surface area contributed by atoms with Crippen molar-refractivity contribution in [1.29, 1.82) is 0 Å². The molecule has 6 heteroatoms. The van der Waals surface area contributed by atoms with Gasteiger partial charge in [0.25, 0.3) is 5.91 Å². The van der Waals surface area contributed by atoms with Crippen LogP contribution in [0, 0.1) is 6.92 Å². The van der Waals surface area contributed by atoms with E-state index in [-0.39, 0.29) is 5.91 Å². The fourth-order valence-electron chi connectivity index (χ4n) is 2.99. The van der Waals surface area contributed by atoms with Crippen molar-refractivity contribution in [2.24, 2.45) is 0 Å². The van der Waals surface area contributed by atoms with E-state index in [0.29, 0.717) is 18.1 Å². The summed E-state index contributed by atoms with van der Waals surface area (Å²) in [5.41, 5.74) is 5.00. The Morgan fingerprint density at radius 3 is 2.50 bits per heavy atom. The van der Waals surface area contributed by atoms with Crippen LogP contribution in [-0.2, 0) is 12.8 Å². The minimum Gasteiger partial charge on any atom is -0.341 e. The standard InChI is InChI=1S/C22H25N5O/c1-4-18-7-5-6-16(2)20(18)26-22-24-14-19(15-25-22)21(28)27(3)13-10-17-8-11-23-12-9-17/h5-9,11-12,14-15H,4,10,13H2,1-3H3,(H,24,25,26). The molecule has 3 aromatic rings. The molecule has 6 nitrogen and oxygen atoms in total. The molecule has 0 aliphatic carbocycles. The summed E-state index contributed by atoms with van der Waals surface area (Å²) in [4.78, 5) is 27.0. The van der Waals surface area contributed by atoms with Gasteiger partial charge >= 0.3 is 0 Å². The predicted octanol–water partition coefficient (Wildman–Crippen LogP) is 3.80. The highest BCUT2D eigenvalue weighted by molar-refractivity contribution is 5.93. The number of nitrogens with zero attached hydrogens (tertiary/aromatic N) is 4. The number of aromatic nitrogens is 3. The van der Waals surface area contributed by atoms with Crippen LogP contribution in [0.4, 0.5) is 11.6 Å². The molecule has 3 rings (SSSR count). The Labute approximate surface area is 165 Å². The van der Waals surface area contributed by atoms with Crippen molar-refractivity contribution in [3.63, 3.8) is 0 Å². The Bertz CT molecular complexity index is 925. The molecule has 2 aromatic heterocycles. The second-order valence-electron chi connectivity index (χ2n) is 6.72. The monoisotopic (exact) mass is 375 g/mol. The van der Waals surface area contributed by atoms with Crippen molar-refractivity contribution >= 4 is 17.5 Å². The molecule has 144 valence electrons. The quantitative estimate of drug-likeness (QED) is 0.680. The summed E-state index contributed by atoms with van der Waals surface area (Å²) in [6, 6.07) is 10.1. The van der Waals surface area contributed by atoms with E-state index in [9.17, 15) is 4.79 Å². The van der Waals surface area contributed by atoms with Gasteiger partial charge in [-0.05, 0) is 48.6 Å². The maximum atomic E-state index is 12.6. The largest absolute Gasteiger partial charge is 0.341 e. The SMILES string of the molecule is CCc1cccc(C)c1Nc1ncc(C(=O)N(C)CCc2ccncc2)cn1. The molecule has 0 fully saturated rings. The van der Waals surface area contributed by atoms with E-state index in [1.807, 2.05) is 18.2 Å². The van der Waals surface area contributed by atoms with E-state index in [1.165, 1.54) is 5.56 Å². The maximum Gasteiger partial charge on any atom is 0.256 e. The number of carbonyl (C=O) groups excluding carboxylic acids is 1. The van der Waals surface area contributed by atoms with Crippen molar-refractivity contribution in [1.82, 2.24) is 19.9 Å². The molecule has 0 aliphatic rings. The first-order valence-electron chi connectivity index (χ1n) is 9.40.